The topological polar surface area (TPSA) is 86.8 Å². The number of methoxy groups -OCH3 is 1. The maximum atomic E-state index is 12.7. The quantitative estimate of drug-likeness (QED) is 0.693. The van der Waals surface area contributed by atoms with Crippen molar-refractivity contribution < 1.29 is 35.6 Å². The number of anilines is 1. The molecule has 0 atom stereocenters. The molecule has 12 heteroatoms. The largest absolute Gasteiger partial charge is 0.496 e. The summed E-state index contributed by atoms with van der Waals surface area (Å²) >= 11 is 0. The molecule has 1 aromatic heterocycles. The Labute approximate surface area is 179 Å². The van der Waals surface area contributed by atoms with Crippen LogP contribution >= 0.6 is 0 Å². The Balaban J connectivity index is 1.91. The molecule has 0 spiro atoms. The van der Waals surface area contributed by atoms with E-state index in [1.165, 1.54) is 19.4 Å². The molecule has 1 fully saturated rings. The third kappa shape index (κ3) is 4.65. The van der Waals surface area contributed by atoms with Gasteiger partial charge in [0.15, 0.2) is 0 Å². The van der Waals surface area contributed by atoms with Gasteiger partial charge >= 0.3 is 13.3 Å². The molecule has 2 aromatic rings. The van der Waals surface area contributed by atoms with Gasteiger partial charge in [-0.1, -0.05) is 0 Å². The van der Waals surface area contributed by atoms with Crippen molar-refractivity contribution in [2.24, 2.45) is 0 Å². The molecule has 3 rings (SSSR count). The molecule has 0 amide bonds. The van der Waals surface area contributed by atoms with Gasteiger partial charge in [0.05, 0.1) is 28.8 Å². The zero-order valence-electron chi connectivity index (χ0n) is 17.6. The first-order valence-corrected chi connectivity index (χ1v) is 10.7. The molecule has 31 heavy (non-hydrogen) atoms. The predicted molar refractivity (Wildman–Crippen MR) is 109 cm³/mol. The zero-order chi connectivity index (χ0) is 23.2. The highest BCUT2D eigenvalue weighted by Crippen LogP contribution is 2.37. The van der Waals surface area contributed by atoms with Crippen LogP contribution in [0.4, 0.5) is 18.9 Å². The minimum Gasteiger partial charge on any atom is -0.480 e. The fourth-order valence-corrected chi connectivity index (χ4v) is 3.89. The van der Waals surface area contributed by atoms with Crippen LogP contribution in [0.3, 0.4) is 0 Å². The molecular weight excluding hydrogens is 436 g/mol. The van der Waals surface area contributed by atoms with Gasteiger partial charge in [0, 0.05) is 11.7 Å². The highest BCUT2D eigenvalue weighted by atomic mass is 32.2. The Morgan fingerprint density at radius 1 is 1.06 bits per heavy atom. The van der Waals surface area contributed by atoms with Gasteiger partial charge in [-0.3, -0.25) is 4.72 Å². The molecular formula is C19H22BF3N2O5S. The van der Waals surface area contributed by atoms with Crippen LogP contribution in [0.25, 0.3) is 0 Å². The Hall–Kier alpha value is -2.31. The Morgan fingerprint density at radius 3 is 2.10 bits per heavy atom. The Kier molecular flexibility index (Phi) is 5.79. The van der Waals surface area contributed by atoms with Gasteiger partial charge in [0.2, 0.25) is 5.88 Å². The Bertz CT molecular complexity index is 1060. The van der Waals surface area contributed by atoms with E-state index in [9.17, 15) is 21.6 Å². The number of pyridine rings is 1. The monoisotopic (exact) mass is 458 g/mol. The van der Waals surface area contributed by atoms with Crippen molar-refractivity contribution in [2.45, 2.75) is 50.0 Å². The van der Waals surface area contributed by atoms with Gasteiger partial charge in [-0.2, -0.15) is 13.2 Å². The fourth-order valence-electron chi connectivity index (χ4n) is 2.84. The average molecular weight is 458 g/mol. The van der Waals surface area contributed by atoms with Gasteiger partial charge in [-0.25, -0.2) is 13.4 Å². The summed E-state index contributed by atoms with van der Waals surface area (Å²) in [6.07, 6.45) is -3.13. The number of halogens is 3. The molecule has 7 nitrogen and oxygen atoms in total. The van der Waals surface area contributed by atoms with Crippen LogP contribution in [0.15, 0.2) is 41.4 Å². The molecule has 0 aliphatic carbocycles. The summed E-state index contributed by atoms with van der Waals surface area (Å²) in [6, 6.07) is 4.61. The summed E-state index contributed by atoms with van der Waals surface area (Å²) in [4.78, 5) is 3.76. The SMILES string of the molecule is COc1ncc(B2OC(C)(C)C(C)(C)O2)cc1NS(=O)(=O)c1ccc(C(F)(F)F)cc1. The summed E-state index contributed by atoms with van der Waals surface area (Å²) in [7, 11) is -3.69. The van der Waals surface area contributed by atoms with Crippen LogP contribution < -0.4 is 14.9 Å². The second kappa shape index (κ2) is 7.68. The van der Waals surface area contributed by atoms with Crippen molar-refractivity contribution in [3.05, 3.63) is 42.1 Å². The van der Waals surface area contributed by atoms with E-state index in [1.54, 1.807) is 0 Å². The molecule has 0 radical (unpaired) electrons. The van der Waals surface area contributed by atoms with E-state index in [0.717, 1.165) is 12.1 Å². The molecule has 1 saturated heterocycles. The lowest BCUT2D eigenvalue weighted by molar-refractivity contribution is -0.137. The highest BCUT2D eigenvalue weighted by Gasteiger charge is 2.52. The molecule has 1 aliphatic rings. The maximum Gasteiger partial charge on any atom is 0.496 e. The summed E-state index contributed by atoms with van der Waals surface area (Å²) in [5.74, 6) is -0.0178. The number of nitrogens with zero attached hydrogens (tertiary/aromatic N) is 1. The molecule has 2 heterocycles. The number of rotatable bonds is 5. The summed E-state index contributed by atoms with van der Waals surface area (Å²) in [5, 5.41) is 0. The minimum absolute atomic E-state index is 0.00499. The number of alkyl halides is 3. The molecule has 1 N–H and O–H groups in total. The lowest BCUT2D eigenvalue weighted by Gasteiger charge is -2.32. The lowest BCUT2D eigenvalue weighted by Crippen LogP contribution is -2.41. The van der Waals surface area contributed by atoms with E-state index in [1.807, 2.05) is 27.7 Å². The normalized spacial score (nSPS) is 18.1. The van der Waals surface area contributed by atoms with Crippen LogP contribution in [-0.4, -0.2) is 38.8 Å². The van der Waals surface area contributed by atoms with E-state index in [0.29, 0.717) is 17.6 Å². The van der Waals surface area contributed by atoms with Gasteiger partial charge in [0.25, 0.3) is 10.0 Å². The smallest absolute Gasteiger partial charge is 0.480 e. The van der Waals surface area contributed by atoms with E-state index in [-0.39, 0.29) is 16.5 Å². The van der Waals surface area contributed by atoms with Crippen molar-refractivity contribution in [1.29, 1.82) is 0 Å². The number of ether oxygens (including phenoxy) is 1. The Morgan fingerprint density at radius 2 is 1.61 bits per heavy atom. The van der Waals surface area contributed by atoms with Gasteiger partial charge in [-0.15, -0.1) is 0 Å². The predicted octanol–water partition coefficient (Wildman–Crippen LogP) is 3.21. The van der Waals surface area contributed by atoms with E-state index >= 15 is 0 Å². The molecule has 168 valence electrons. The minimum atomic E-state index is -4.57. The number of hydrogen-bond acceptors (Lipinski definition) is 6. The van der Waals surface area contributed by atoms with Crippen molar-refractivity contribution in [3.63, 3.8) is 0 Å². The lowest BCUT2D eigenvalue weighted by atomic mass is 9.80. The second-order valence-electron chi connectivity index (χ2n) is 8.04. The molecule has 1 aliphatic heterocycles. The summed E-state index contributed by atoms with van der Waals surface area (Å²) in [5.41, 5.74) is -1.73. The fraction of sp³-hybridized carbons (Fsp3) is 0.421. The molecule has 0 unspecified atom stereocenters. The molecule has 0 bridgehead atoms. The van der Waals surface area contributed by atoms with E-state index in [4.69, 9.17) is 14.0 Å². The number of benzene rings is 1. The molecule has 1 aromatic carbocycles. The first-order chi connectivity index (χ1) is 14.2. The first kappa shape index (κ1) is 23.4. The van der Waals surface area contributed by atoms with Crippen LogP contribution in [0.1, 0.15) is 33.3 Å². The van der Waals surface area contributed by atoms with Crippen LogP contribution in [-0.2, 0) is 25.5 Å². The van der Waals surface area contributed by atoms with Crippen molar-refractivity contribution in [3.8, 4) is 5.88 Å². The van der Waals surface area contributed by atoms with Crippen molar-refractivity contribution in [1.82, 2.24) is 4.98 Å². The number of nitrogens with one attached hydrogen (secondary N) is 1. The summed E-state index contributed by atoms with van der Waals surface area (Å²) < 4.78 is 83.0. The maximum absolute atomic E-state index is 12.7. The van der Waals surface area contributed by atoms with Crippen LogP contribution in [0.2, 0.25) is 0 Å². The van der Waals surface area contributed by atoms with Crippen molar-refractivity contribution in [2.75, 3.05) is 11.8 Å². The van der Waals surface area contributed by atoms with Gasteiger partial charge in [0.1, 0.15) is 5.69 Å². The molecule has 0 saturated carbocycles. The number of sulfonamides is 1. The summed E-state index contributed by atoms with van der Waals surface area (Å²) in [6.45, 7) is 7.49. The van der Waals surface area contributed by atoms with Crippen molar-refractivity contribution >= 4 is 28.3 Å². The van der Waals surface area contributed by atoms with Crippen LogP contribution in [0, 0.1) is 0 Å². The average Bonchev–Trinajstić information content (AvgIpc) is 2.88. The second-order valence-corrected chi connectivity index (χ2v) is 9.72. The zero-order valence-corrected chi connectivity index (χ0v) is 18.4. The van der Waals surface area contributed by atoms with Crippen LogP contribution in [0.5, 0.6) is 5.88 Å². The van der Waals surface area contributed by atoms with E-state index < -0.39 is 40.1 Å². The highest BCUT2D eigenvalue weighted by molar-refractivity contribution is 7.92. The first-order valence-electron chi connectivity index (χ1n) is 9.26. The van der Waals surface area contributed by atoms with E-state index in [2.05, 4.69) is 9.71 Å². The third-order valence-electron chi connectivity index (χ3n) is 5.33. The standard InChI is InChI=1S/C19H22BF3N2O5S/c1-17(2)18(3,4)30-20(29-17)13-10-15(16(28-5)24-11-13)25-31(26,27)14-8-6-12(7-9-14)19(21,22)23/h6-11,25H,1-5H3. The number of hydrogen-bond donors (Lipinski definition) is 1. The third-order valence-corrected chi connectivity index (χ3v) is 6.71. The van der Waals surface area contributed by atoms with Gasteiger partial charge in [-0.05, 0) is 58.0 Å². The van der Waals surface area contributed by atoms with Gasteiger partial charge < -0.3 is 14.0 Å². The number of aromatic nitrogens is 1.